The van der Waals surface area contributed by atoms with E-state index in [-0.39, 0.29) is 5.91 Å². The SMILES string of the molecule is CC1=NN(Cc2cnc(Cl)s2)C(=O)c2ccccc2O1. The average Bonchev–Trinajstić information content (AvgIpc) is 2.78. The van der Waals surface area contributed by atoms with E-state index >= 15 is 0 Å². The zero-order chi connectivity index (χ0) is 14.1. The Labute approximate surface area is 124 Å². The summed E-state index contributed by atoms with van der Waals surface area (Å²) in [6.45, 7) is 2.03. The van der Waals surface area contributed by atoms with Crippen molar-refractivity contribution in [3.8, 4) is 5.75 Å². The number of hydrogen-bond acceptors (Lipinski definition) is 5. The van der Waals surface area contributed by atoms with E-state index in [2.05, 4.69) is 10.1 Å². The van der Waals surface area contributed by atoms with E-state index < -0.39 is 0 Å². The molecule has 1 aromatic carbocycles. The first kappa shape index (κ1) is 13.1. The Bertz CT molecular complexity index is 698. The lowest BCUT2D eigenvalue weighted by atomic mass is 10.2. The van der Waals surface area contributed by atoms with Crippen molar-refractivity contribution in [2.75, 3.05) is 0 Å². The van der Waals surface area contributed by atoms with Crippen LogP contribution in [0.4, 0.5) is 0 Å². The number of aromatic nitrogens is 1. The fourth-order valence-corrected chi connectivity index (χ4v) is 2.84. The van der Waals surface area contributed by atoms with Crippen molar-refractivity contribution in [1.82, 2.24) is 9.99 Å². The molecule has 0 N–H and O–H groups in total. The molecule has 3 rings (SSSR count). The number of hydrazone groups is 1. The Balaban J connectivity index is 1.95. The topological polar surface area (TPSA) is 54.8 Å². The summed E-state index contributed by atoms with van der Waals surface area (Å²) in [6.07, 6.45) is 1.64. The highest BCUT2D eigenvalue weighted by Gasteiger charge is 2.24. The van der Waals surface area contributed by atoms with Gasteiger partial charge in [0.1, 0.15) is 5.75 Å². The number of ether oxygens (including phenoxy) is 1. The number of carbonyl (C=O) groups excluding carboxylic acids is 1. The maximum Gasteiger partial charge on any atom is 0.278 e. The summed E-state index contributed by atoms with van der Waals surface area (Å²) >= 11 is 7.12. The van der Waals surface area contributed by atoms with E-state index in [0.29, 0.717) is 28.2 Å². The highest BCUT2D eigenvalue weighted by atomic mass is 35.5. The molecule has 0 atom stereocenters. The maximum absolute atomic E-state index is 12.5. The molecule has 5 nitrogen and oxygen atoms in total. The third-order valence-corrected chi connectivity index (χ3v) is 3.80. The van der Waals surface area contributed by atoms with Crippen LogP contribution in [0.5, 0.6) is 5.75 Å². The van der Waals surface area contributed by atoms with Crippen LogP contribution in [-0.2, 0) is 6.54 Å². The molecule has 102 valence electrons. The molecular weight excluding hydrogens is 298 g/mol. The lowest BCUT2D eigenvalue weighted by Gasteiger charge is -2.14. The van der Waals surface area contributed by atoms with Gasteiger partial charge in [-0.05, 0) is 12.1 Å². The van der Waals surface area contributed by atoms with Crippen molar-refractivity contribution < 1.29 is 9.53 Å². The number of benzene rings is 1. The standard InChI is InChI=1S/C13H10ClN3O2S/c1-8-16-17(7-9-6-15-13(14)20-9)12(18)10-4-2-3-5-11(10)19-8/h2-6H,7H2,1H3. The van der Waals surface area contributed by atoms with Crippen LogP contribution in [-0.4, -0.2) is 21.8 Å². The highest BCUT2D eigenvalue weighted by Crippen LogP contribution is 2.26. The first-order chi connectivity index (χ1) is 9.63. The van der Waals surface area contributed by atoms with Gasteiger partial charge in [-0.2, -0.15) is 0 Å². The van der Waals surface area contributed by atoms with Crippen LogP contribution in [0.3, 0.4) is 0 Å². The van der Waals surface area contributed by atoms with Crippen LogP contribution >= 0.6 is 22.9 Å². The summed E-state index contributed by atoms with van der Waals surface area (Å²) in [4.78, 5) is 17.3. The van der Waals surface area contributed by atoms with E-state index in [1.807, 2.05) is 6.07 Å². The molecule has 7 heteroatoms. The molecule has 1 aliphatic rings. The minimum atomic E-state index is -0.207. The molecule has 2 heterocycles. The smallest absolute Gasteiger partial charge is 0.278 e. The number of halogens is 1. The first-order valence-electron chi connectivity index (χ1n) is 5.87. The van der Waals surface area contributed by atoms with Gasteiger partial charge in [-0.3, -0.25) is 4.79 Å². The molecule has 20 heavy (non-hydrogen) atoms. The predicted octanol–water partition coefficient (Wildman–Crippen LogP) is 3.16. The van der Waals surface area contributed by atoms with Crippen molar-refractivity contribution in [3.05, 3.63) is 45.4 Å². The lowest BCUT2D eigenvalue weighted by molar-refractivity contribution is 0.0752. The van der Waals surface area contributed by atoms with Gasteiger partial charge in [-0.15, -0.1) is 16.4 Å². The Morgan fingerprint density at radius 3 is 2.95 bits per heavy atom. The molecule has 0 spiro atoms. The zero-order valence-electron chi connectivity index (χ0n) is 10.5. The Hall–Kier alpha value is -1.92. The highest BCUT2D eigenvalue weighted by molar-refractivity contribution is 7.15. The molecule has 0 radical (unpaired) electrons. The van der Waals surface area contributed by atoms with Crippen molar-refractivity contribution >= 4 is 34.7 Å². The number of carbonyl (C=O) groups is 1. The summed E-state index contributed by atoms with van der Waals surface area (Å²) in [5.41, 5.74) is 0.490. The van der Waals surface area contributed by atoms with Gasteiger partial charge in [0.2, 0.25) is 5.90 Å². The number of nitrogens with zero attached hydrogens (tertiary/aromatic N) is 3. The number of fused-ring (bicyclic) bond motifs is 1. The largest absolute Gasteiger partial charge is 0.441 e. The second-order valence-electron chi connectivity index (χ2n) is 4.16. The van der Waals surface area contributed by atoms with Gasteiger partial charge in [0.05, 0.1) is 12.1 Å². The van der Waals surface area contributed by atoms with Crippen LogP contribution in [0, 0.1) is 0 Å². The summed E-state index contributed by atoms with van der Waals surface area (Å²) in [5.74, 6) is 0.726. The van der Waals surface area contributed by atoms with E-state index in [4.69, 9.17) is 16.3 Å². The molecule has 0 fully saturated rings. The number of thiazole rings is 1. The van der Waals surface area contributed by atoms with Crippen LogP contribution in [0.1, 0.15) is 22.2 Å². The quantitative estimate of drug-likeness (QED) is 0.856. The molecule has 0 saturated heterocycles. The Kier molecular flexibility index (Phi) is 3.42. The average molecular weight is 308 g/mol. The van der Waals surface area contributed by atoms with Crippen LogP contribution < -0.4 is 4.74 Å². The predicted molar refractivity (Wildman–Crippen MR) is 77.2 cm³/mol. The normalized spacial score (nSPS) is 14.4. The number of amides is 1. The molecule has 0 saturated carbocycles. The van der Waals surface area contributed by atoms with E-state index in [9.17, 15) is 4.79 Å². The minimum absolute atomic E-state index is 0.207. The molecule has 2 aromatic rings. The van der Waals surface area contributed by atoms with Gasteiger partial charge >= 0.3 is 0 Å². The number of hydrogen-bond donors (Lipinski definition) is 0. The van der Waals surface area contributed by atoms with Crippen molar-refractivity contribution in [1.29, 1.82) is 0 Å². The second-order valence-corrected chi connectivity index (χ2v) is 5.86. The van der Waals surface area contributed by atoms with Crippen LogP contribution in [0.25, 0.3) is 0 Å². The maximum atomic E-state index is 12.5. The Morgan fingerprint density at radius 1 is 1.40 bits per heavy atom. The molecule has 0 bridgehead atoms. The van der Waals surface area contributed by atoms with Gasteiger partial charge < -0.3 is 4.74 Å². The van der Waals surface area contributed by atoms with Crippen molar-refractivity contribution in [2.24, 2.45) is 5.10 Å². The summed E-state index contributed by atoms with van der Waals surface area (Å²) in [6, 6.07) is 7.08. The molecular formula is C13H10ClN3O2S. The van der Waals surface area contributed by atoms with Crippen LogP contribution in [0.2, 0.25) is 4.47 Å². The lowest BCUT2D eigenvalue weighted by Crippen LogP contribution is -2.24. The third kappa shape index (κ3) is 2.52. The van der Waals surface area contributed by atoms with Crippen LogP contribution in [0.15, 0.2) is 35.6 Å². The van der Waals surface area contributed by atoms with Gasteiger partial charge in [-0.1, -0.05) is 23.7 Å². The fraction of sp³-hybridized carbons (Fsp3) is 0.154. The van der Waals surface area contributed by atoms with Gasteiger partial charge in [0.15, 0.2) is 4.47 Å². The molecule has 1 aliphatic heterocycles. The molecule has 1 amide bonds. The monoisotopic (exact) mass is 307 g/mol. The number of para-hydroxylation sites is 1. The van der Waals surface area contributed by atoms with Gasteiger partial charge in [0, 0.05) is 18.0 Å². The van der Waals surface area contributed by atoms with E-state index in [1.165, 1.54) is 16.3 Å². The molecule has 1 aromatic heterocycles. The molecule has 0 aliphatic carbocycles. The minimum Gasteiger partial charge on any atom is -0.441 e. The first-order valence-corrected chi connectivity index (χ1v) is 7.07. The van der Waals surface area contributed by atoms with Crippen molar-refractivity contribution in [2.45, 2.75) is 13.5 Å². The second kappa shape index (κ2) is 5.22. The summed E-state index contributed by atoms with van der Waals surface area (Å²) < 4.78 is 5.99. The zero-order valence-corrected chi connectivity index (χ0v) is 12.1. The van der Waals surface area contributed by atoms with E-state index in [1.54, 1.807) is 31.3 Å². The fourth-order valence-electron chi connectivity index (χ4n) is 1.88. The van der Waals surface area contributed by atoms with Crippen molar-refractivity contribution in [3.63, 3.8) is 0 Å². The van der Waals surface area contributed by atoms with Gasteiger partial charge in [-0.25, -0.2) is 9.99 Å². The summed E-state index contributed by atoms with van der Waals surface area (Å²) in [5, 5.41) is 5.56. The molecule has 0 unspecified atom stereocenters. The third-order valence-electron chi connectivity index (χ3n) is 2.70. The Morgan fingerprint density at radius 2 is 2.20 bits per heavy atom. The van der Waals surface area contributed by atoms with E-state index in [0.717, 1.165) is 4.88 Å². The number of rotatable bonds is 2. The summed E-state index contributed by atoms with van der Waals surface area (Å²) in [7, 11) is 0. The van der Waals surface area contributed by atoms with Gasteiger partial charge in [0.25, 0.3) is 5.91 Å².